The maximum absolute atomic E-state index is 14.1. The van der Waals surface area contributed by atoms with Crippen LogP contribution in [0.25, 0.3) is 0 Å². The van der Waals surface area contributed by atoms with Crippen LogP contribution in [0.2, 0.25) is 0 Å². The van der Waals surface area contributed by atoms with Crippen molar-refractivity contribution in [3.8, 4) is 11.5 Å². The van der Waals surface area contributed by atoms with Crippen molar-refractivity contribution in [2.24, 2.45) is 0 Å². The number of nitrogens with zero attached hydrogens (tertiary/aromatic N) is 2. The van der Waals surface area contributed by atoms with Crippen LogP contribution in [0.5, 0.6) is 11.5 Å². The minimum Gasteiger partial charge on any atom is -0.455 e. The van der Waals surface area contributed by atoms with Gasteiger partial charge < -0.3 is 10.1 Å². The van der Waals surface area contributed by atoms with Gasteiger partial charge in [-0.05, 0) is 92.8 Å². The van der Waals surface area contributed by atoms with E-state index in [2.05, 4.69) is 42.7 Å². The SMILES string of the molecule is CCC(NC(=O)c1ccc(S(=O)(=O)Nc2cc(F)ccc2Oc2ccc(Br)cc2)cc1)(N1CCCCC1)N1CCCCC1. The topological polar surface area (TPSA) is 91.0 Å². The first-order valence-corrected chi connectivity index (χ1v) is 17.2. The summed E-state index contributed by atoms with van der Waals surface area (Å²) in [5.74, 6) is -0.829. The Morgan fingerprint density at radius 1 is 0.884 bits per heavy atom. The van der Waals surface area contributed by atoms with Crippen molar-refractivity contribution in [3.63, 3.8) is 0 Å². The van der Waals surface area contributed by atoms with Crippen molar-refractivity contribution in [2.45, 2.75) is 62.6 Å². The van der Waals surface area contributed by atoms with E-state index in [4.69, 9.17) is 4.74 Å². The molecule has 1 amide bonds. The molecular formula is C32H38BrFN4O4S. The minimum atomic E-state index is -4.12. The van der Waals surface area contributed by atoms with Crippen molar-refractivity contribution >= 4 is 37.5 Å². The van der Waals surface area contributed by atoms with Gasteiger partial charge >= 0.3 is 0 Å². The third-order valence-corrected chi connectivity index (χ3v) is 10.1. The van der Waals surface area contributed by atoms with E-state index in [1.54, 1.807) is 24.3 Å². The molecule has 0 radical (unpaired) electrons. The lowest BCUT2D eigenvalue weighted by molar-refractivity contribution is -0.0970. The molecular weight excluding hydrogens is 635 g/mol. The van der Waals surface area contributed by atoms with Crippen LogP contribution in [-0.4, -0.2) is 56.1 Å². The molecule has 3 aromatic carbocycles. The minimum absolute atomic E-state index is 0.0412. The van der Waals surface area contributed by atoms with Gasteiger partial charge in [-0.3, -0.25) is 19.3 Å². The summed E-state index contributed by atoms with van der Waals surface area (Å²) in [6.45, 7) is 5.84. The molecule has 43 heavy (non-hydrogen) atoms. The van der Waals surface area contributed by atoms with Gasteiger partial charge in [-0.1, -0.05) is 35.7 Å². The number of ether oxygens (including phenoxy) is 1. The van der Waals surface area contributed by atoms with Gasteiger partial charge in [-0.15, -0.1) is 0 Å². The predicted octanol–water partition coefficient (Wildman–Crippen LogP) is 6.95. The first-order valence-electron chi connectivity index (χ1n) is 14.9. The Balaban J connectivity index is 1.34. The molecule has 0 aromatic heterocycles. The highest BCUT2D eigenvalue weighted by molar-refractivity contribution is 9.10. The van der Waals surface area contributed by atoms with Crippen LogP contribution in [-0.2, 0) is 10.0 Å². The molecule has 2 aliphatic rings. The van der Waals surface area contributed by atoms with Gasteiger partial charge in [0.2, 0.25) is 0 Å². The van der Waals surface area contributed by atoms with E-state index in [0.29, 0.717) is 11.3 Å². The van der Waals surface area contributed by atoms with Crippen LogP contribution >= 0.6 is 15.9 Å². The van der Waals surface area contributed by atoms with Gasteiger partial charge in [0, 0.05) is 42.3 Å². The zero-order chi connectivity index (χ0) is 30.5. The number of carbonyl (C=O) groups excluding carboxylic acids is 1. The fourth-order valence-electron chi connectivity index (χ4n) is 5.97. The van der Waals surface area contributed by atoms with Gasteiger partial charge in [0.05, 0.1) is 10.6 Å². The largest absolute Gasteiger partial charge is 0.455 e. The molecule has 5 rings (SSSR count). The maximum atomic E-state index is 14.1. The number of amides is 1. The number of hydrogen-bond acceptors (Lipinski definition) is 6. The molecule has 8 nitrogen and oxygen atoms in total. The van der Waals surface area contributed by atoms with E-state index >= 15 is 0 Å². The van der Waals surface area contributed by atoms with Crippen molar-refractivity contribution in [3.05, 3.63) is 82.6 Å². The Kier molecular flexibility index (Phi) is 10.1. The third kappa shape index (κ3) is 7.39. The Morgan fingerprint density at radius 2 is 1.47 bits per heavy atom. The number of likely N-dealkylation sites (tertiary alicyclic amines) is 2. The lowest BCUT2D eigenvalue weighted by Crippen LogP contribution is -2.71. The first kappa shape index (κ1) is 31.4. The van der Waals surface area contributed by atoms with Gasteiger partial charge in [0.25, 0.3) is 15.9 Å². The summed E-state index contributed by atoms with van der Waals surface area (Å²) in [5, 5.41) is 3.36. The third-order valence-electron chi connectivity index (χ3n) is 8.22. The van der Waals surface area contributed by atoms with E-state index < -0.39 is 21.6 Å². The van der Waals surface area contributed by atoms with Crippen molar-refractivity contribution < 1.29 is 22.3 Å². The summed E-state index contributed by atoms with van der Waals surface area (Å²) in [4.78, 5) is 18.4. The molecule has 0 atom stereocenters. The number of hydrogen-bond donors (Lipinski definition) is 2. The summed E-state index contributed by atoms with van der Waals surface area (Å²) in [6, 6.07) is 16.4. The van der Waals surface area contributed by atoms with Crippen LogP contribution in [0.15, 0.2) is 76.1 Å². The van der Waals surface area contributed by atoms with Gasteiger partial charge in [-0.25, -0.2) is 12.8 Å². The Morgan fingerprint density at radius 3 is 2.02 bits per heavy atom. The highest BCUT2D eigenvalue weighted by Crippen LogP contribution is 2.33. The van der Waals surface area contributed by atoms with Crippen LogP contribution in [0.4, 0.5) is 10.1 Å². The van der Waals surface area contributed by atoms with Gasteiger partial charge in [0.15, 0.2) is 11.5 Å². The number of rotatable bonds is 10. The Labute approximate surface area is 261 Å². The molecule has 3 aromatic rings. The summed E-state index contributed by atoms with van der Waals surface area (Å²) in [6.07, 6.45) is 7.55. The number of piperidine rings is 2. The normalized spacial score (nSPS) is 16.9. The van der Waals surface area contributed by atoms with E-state index in [0.717, 1.165) is 68.8 Å². The lowest BCUT2D eigenvalue weighted by atomic mass is 10.0. The van der Waals surface area contributed by atoms with Gasteiger partial charge in [0.1, 0.15) is 11.6 Å². The fraction of sp³-hybridized carbons (Fsp3) is 0.406. The average Bonchev–Trinajstić information content (AvgIpc) is 3.03. The van der Waals surface area contributed by atoms with Crippen molar-refractivity contribution in [2.75, 3.05) is 30.9 Å². The number of sulfonamides is 1. The number of anilines is 1. The molecule has 11 heteroatoms. The highest BCUT2D eigenvalue weighted by atomic mass is 79.9. The molecule has 2 heterocycles. The summed E-state index contributed by atoms with van der Waals surface area (Å²) < 4.78 is 49.9. The maximum Gasteiger partial charge on any atom is 0.262 e. The predicted molar refractivity (Wildman–Crippen MR) is 169 cm³/mol. The van der Waals surface area contributed by atoms with E-state index in [-0.39, 0.29) is 22.2 Å². The lowest BCUT2D eigenvalue weighted by Gasteiger charge is -2.53. The fourth-order valence-corrected chi connectivity index (χ4v) is 7.29. The van der Waals surface area contributed by atoms with Crippen LogP contribution in [0.1, 0.15) is 62.2 Å². The second-order valence-electron chi connectivity index (χ2n) is 11.0. The summed E-state index contributed by atoms with van der Waals surface area (Å²) in [7, 11) is -4.12. The standard InChI is InChI=1S/C32H38BrFN4O4S/c1-2-32(37-19-5-3-6-20-37,38-21-7-4-8-22-38)35-31(39)24-9-16-28(17-10-24)43(40,41)36-29-23-26(34)13-18-30(29)42-27-14-11-25(33)12-15-27/h9-18,23,36H,2-8,19-22H2,1H3,(H,35,39). The number of nitrogens with one attached hydrogen (secondary N) is 2. The van der Waals surface area contributed by atoms with Crippen molar-refractivity contribution in [1.29, 1.82) is 0 Å². The van der Waals surface area contributed by atoms with E-state index in [1.165, 1.54) is 49.2 Å². The molecule has 2 N–H and O–H groups in total. The summed E-state index contributed by atoms with van der Waals surface area (Å²) in [5.41, 5.74) is 0.330. The first-order chi connectivity index (χ1) is 20.7. The molecule has 2 fully saturated rings. The van der Waals surface area contributed by atoms with Crippen molar-refractivity contribution in [1.82, 2.24) is 15.1 Å². The van der Waals surface area contributed by atoms with E-state index in [9.17, 15) is 17.6 Å². The van der Waals surface area contributed by atoms with Gasteiger partial charge in [-0.2, -0.15) is 0 Å². The summed E-state index contributed by atoms with van der Waals surface area (Å²) >= 11 is 3.36. The Hall–Kier alpha value is -2.99. The number of benzene rings is 3. The average molecular weight is 674 g/mol. The molecule has 0 aliphatic carbocycles. The zero-order valence-electron chi connectivity index (χ0n) is 24.3. The molecule has 0 saturated carbocycles. The molecule has 2 aliphatic heterocycles. The van der Waals surface area contributed by atoms with Crippen LogP contribution in [0.3, 0.4) is 0 Å². The molecule has 230 valence electrons. The Bertz CT molecular complexity index is 1490. The molecule has 0 spiro atoms. The second kappa shape index (κ2) is 13.8. The van der Waals surface area contributed by atoms with Crippen LogP contribution in [0, 0.1) is 5.82 Å². The monoisotopic (exact) mass is 672 g/mol. The quantitative estimate of drug-likeness (QED) is 0.242. The molecule has 2 saturated heterocycles. The smallest absolute Gasteiger partial charge is 0.262 e. The molecule has 0 bridgehead atoms. The number of halogens is 2. The number of carbonyl (C=O) groups is 1. The zero-order valence-corrected chi connectivity index (χ0v) is 26.7. The second-order valence-corrected chi connectivity index (χ2v) is 13.6. The van der Waals surface area contributed by atoms with E-state index in [1.807, 2.05) is 0 Å². The highest BCUT2D eigenvalue weighted by Gasteiger charge is 2.43. The van der Waals surface area contributed by atoms with Crippen LogP contribution < -0.4 is 14.8 Å². The molecule has 0 unspecified atom stereocenters.